The van der Waals surface area contributed by atoms with Gasteiger partial charge in [0.15, 0.2) is 5.78 Å². The summed E-state index contributed by atoms with van der Waals surface area (Å²) in [4.78, 5) is 28.5. The van der Waals surface area contributed by atoms with E-state index in [4.69, 9.17) is 9.53 Å². The number of unbranched alkanes of at least 4 members (excludes halogenated alkanes) is 1. The number of ether oxygens (including phenoxy) is 1. The lowest BCUT2D eigenvalue weighted by atomic mass is 9.98. The highest BCUT2D eigenvalue weighted by Crippen LogP contribution is 2.20. The lowest BCUT2D eigenvalue weighted by Crippen LogP contribution is -1.96. The number of nitrogens with zero attached hydrogens (tertiary/aromatic N) is 2. The Morgan fingerprint density at radius 1 is 0.830 bits per heavy atom. The molecule has 0 radical (unpaired) electrons. The van der Waals surface area contributed by atoms with E-state index < -0.39 is 0 Å². The number of rotatable bonds is 13. The molecule has 0 aliphatic heterocycles. The number of methoxy groups -OCH3 is 1. The van der Waals surface area contributed by atoms with Gasteiger partial charge in [0.05, 0.1) is 0 Å². The second-order valence-corrected chi connectivity index (χ2v) is 12.4. The first kappa shape index (κ1) is 45.9. The maximum Gasteiger partial charge on any atom is 0.159 e. The number of carbonyl (C=O) groups excluding carboxylic acids is 2. The molecule has 0 fully saturated rings. The molecule has 3 aromatic rings. The molecule has 1 unspecified atom stereocenters. The number of hydrogen-bond acceptors (Lipinski definition) is 5. The molecular weight excluding hydrogens is 580 g/mol. The number of carbonyl (C=O) groups is 2. The minimum atomic E-state index is 0.109. The van der Waals surface area contributed by atoms with E-state index >= 15 is 0 Å². The van der Waals surface area contributed by atoms with Crippen molar-refractivity contribution in [3.8, 4) is 11.1 Å². The molecule has 0 aliphatic rings. The highest BCUT2D eigenvalue weighted by atomic mass is 16.5. The molecule has 1 heterocycles. The Hall–Kier alpha value is -3.18. The zero-order valence-electron chi connectivity index (χ0n) is 32.1. The number of Topliss-reactive ketones (excluding diaryl/α,β-unsaturated/α-hetero) is 1. The van der Waals surface area contributed by atoms with Gasteiger partial charge in [0.1, 0.15) is 12.1 Å². The van der Waals surface area contributed by atoms with Crippen molar-refractivity contribution in [1.82, 2.24) is 9.97 Å². The zero-order chi connectivity index (χ0) is 36.0. The Balaban J connectivity index is 0. The number of benzene rings is 2. The molecule has 3 rings (SSSR count). The SMILES string of the molecule is CC=O.CCC(C)CCCC(C)C.CCCCOC.CCCc1cc(C)nc(C)n1.CCc1ccc(-c2ccc(C(C)=O)cc2)cc1. The molecule has 0 amide bonds. The predicted molar refractivity (Wildman–Crippen MR) is 203 cm³/mol. The van der Waals surface area contributed by atoms with E-state index in [0.717, 1.165) is 72.3 Å². The van der Waals surface area contributed by atoms with Gasteiger partial charge in [-0.15, -0.1) is 0 Å². The fourth-order valence-corrected chi connectivity index (χ4v) is 4.38. The Morgan fingerprint density at radius 3 is 1.77 bits per heavy atom. The summed E-state index contributed by atoms with van der Waals surface area (Å²) in [6, 6.07) is 18.4. The molecule has 1 atom stereocenters. The molecule has 47 heavy (non-hydrogen) atoms. The van der Waals surface area contributed by atoms with Gasteiger partial charge < -0.3 is 9.53 Å². The normalized spacial score (nSPS) is 10.5. The summed E-state index contributed by atoms with van der Waals surface area (Å²) in [7, 11) is 1.73. The Kier molecular flexibility index (Phi) is 29.5. The first-order valence-corrected chi connectivity index (χ1v) is 17.8. The van der Waals surface area contributed by atoms with Gasteiger partial charge in [0, 0.05) is 30.7 Å². The van der Waals surface area contributed by atoms with Crippen LogP contribution < -0.4 is 0 Å². The van der Waals surface area contributed by atoms with Gasteiger partial charge in [-0.25, -0.2) is 9.97 Å². The van der Waals surface area contributed by atoms with Crippen LogP contribution in [0.3, 0.4) is 0 Å². The second-order valence-electron chi connectivity index (χ2n) is 12.4. The van der Waals surface area contributed by atoms with Gasteiger partial charge in [-0.3, -0.25) is 4.79 Å². The van der Waals surface area contributed by atoms with E-state index in [-0.39, 0.29) is 5.78 Å². The van der Waals surface area contributed by atoms with Gasteiger partial charge in [-0.05, 0) is 81.5 Å². The van der Waals surface area contributed by atoms with Gasteiger partial charge >= 0.3 is 0 Å². The minimum absolute atomic E-state index is 0.109. The van der Waals surface area contributed by atoms with Crippen LogP contribution in [-0.2, 0) is 22.4 Å². The van der Waals surface area contributed by atoms with Crippen molar-refractivity contribution in [3.63, 3.8) is 0 Å². The molecule has 0 saturated carbocycles. The van der Waals surface area contributed by atoms with Crippen molar-refractivity contribution in [2.75, 3.05) is 13.7 Å². The van der Waals surface area contributed by atoms with Crippen LogP contribution in [0.2, 0.25) is 0 Å². The van der Waals surface area contributed by atoms with Gasteiger partial charge in [-0.2, -0.15) is 0 Å². The van der Waals surface area contributed by atoms with Crippen LogP contribution in [0.4, 0.5) is 0 Å². The lowest BCUT2D eigenvalue weighted by molar-refractivity contribution is -0.106. The van der Waals surface area contributed by atoms with E-state index in [1.807, 2.05) is 38.1 Å². The van der Waals surface area contributed by atoms with Crippen LogP contribution in [0.5, 0.6) is 0 Å². The van der Waals surface area contributed by atoms with Crippen LogP contribution in [0.1, 0.15) is 140 Å². The summed E-state index contributed by atoms with van der Waals surface area (Å²) in [6.45, 7) is 23.6. The van der Waals surface area contributed by atoms with Crippen molar-refractivity contribution in [3.05, 3.63) is 82.9 Å². The summed E-state index contributed by atoms with van der Waals surface area (Å²) in [5.74, 6) is 2.83. The molecule has 264 valence electrons. The van der Waals surface area contributed by atoms with Crippen LogP contribution in [0, 0.1) is 25.7 Å². The van der Waals surface area contributed by atoms with Gasteiger partial charge in [0.2, 0.25) is 0 Å². The summed E-state index contributed by atoms with van der Waals surface area (Å²) < 4.78 is 4.78. The summed E-state index contributed by atoms with van der Waals surface area (Å²) >= 11 is 0. The first-order valence-electron chi connectivity index (χ1n) is 17.8. The topological polar surface area (TPSA) is 69.2 Å². The van der Waals surface area contributed by atoms with Crippen molar-refractivity contribution < 1.29 is 14.3 Å². The molecular formula is C42H68N2O3. The van der Waals surface area contributed by atoms with Crippen LogP contribution in [0.25, 0.3) is 11.1 Å². The molecule has 0 spiro atoms. The van der Waals surface area contributed by atoms with Crippen molar-refractivity contribution in [2.24, 2.45) is 11.8 Å². The number of hydrogen-bond donors (Lipinski definition) is 0. The number of aryl methyl sites for hydroxylation is 4. The number of aromatic nitrogens is 2. The van der Waals surface area contributed by atoms with E-state index in [2.05, 4.69) is 88.8 Å². The third-order valence-corrected chi connectivity index (χ3v) is 7.39. The smallest absolute Gasteiger partial charge is 0.159 e. The van der Waals surface area contributed by atoms with Crippen molar-refractivity contribution >= 4 is 12.1 Å². The zero-order valence-corrected chi connectivity index (χ0v) is 32.1. The summed E-state index contributed by atoms with van der Waals surface area (Å²) in [6.07, 6.45) is 12.0. The maximum absolute atomic E-state index is 11.2. The predicted octanol–water partition coefficient (Wildman–Crippen LogP) is 11.7. The monoisotopic (exact) mass is 649 g/mol. The number of aldehydes is 1. The molecule has 0 saturated heterocycles. The molecule has 2 aromatic carbocycles. The molecule has 0 bridgehead atoms. The number of ketones is 1. The van der Waals surface area contributed by atoms with E-state index in [0.29, 0.717) is 0 Å². The van der Waals surface area contributed by atoms with Crippen molar-refractivity contribution in [2.45, 2.75) is 134 Å². The molecule has 5 heteroatoms. The van der Waals surface area contributed by atoms with Crippen molar-refractivity contribution in [1.29, 1.82) is 0 Å². The minimum Gasteiger partial charge on any atom is -0.385 e. The molecule has 5 nitrogen and oxygen atoms in total. The molecule has 0 aliphatic carbocycles. The maximum atomic E-state index is 11.2. The average molecular weight is 649 g/mol. The Morgan fingerprint density at radius 2 is 1.38 bits per heavy atom. The van der Waals surface area contributed by atoms with E-state index in [1.54, 1.807) is 14.0 Å². The third-order valence-electron chi connectivity index (χ3n) is 7.39. The summed E-state index contributed by atoms with van der Waals surface area (Å²) in [5, 5.41) is 0. The third kappa shape index (κ3) is 25.6. The fourth-order valence-electron chi connectivity index (χ4n) is 4.38. The highest BCUT2D eigenvalue weighted by Gasteiger charge is 2.01. The van der Waals surface area contributed by atoms with Crippen LogP contribution >= 0.6 is 0 Å². The van der Waals surface area contributed by atoms with E-state index in [1.165, 1.54) is 56.6 Å². The quantitative estimate of drug-likeness (QED) is 0.105. The summed E-state index contributed by atoms with van der Waals surface area (Å²) in [5.41, 5.74) is 6.68. The average Bonchev–Trinajstić information content (AvgIpc) is 3.04. The highest BCUT2D eigenvalue weighted by molar-refractivity contribution is 5.94. The molecule has 0 N–H and O–H groups in total. The van der Waals surface area contributed by atoms with Crippen LogP contribution in [-0.4, -0.2) is 35.8 Å². The van der Waals surface area contributed by atoms with Gasteiger partial charge in [-0.1, -0.05) is 136 Å². The Bertz CT molecular complexity index is 1150. The largest absolute Gasteiger partial charge is 0.385 e. The standard InChI is InChI=1S/C16H16O.C10H22.C9H14N2.C5H12O.C2H4O/c1-3-13-4-6-15(7-5-13)16-10-8-14(9-11-16)12(2)17;1-5-10(4)8-6-7-9(2)3;1-4-5-9-6-7(2)10-8(3)11-9;1-3-4-5-6-2;1-2-3/h4-11H,3H2,1-2H3;9-10H,5-8H2,1-4H3;6H,4-5H2,1-3H3;3-5H2,1-2H3;2H,1H3. The van der Waals surface area contributed by atoms with Crippen LogP contribution in [0.15, 0.2) is 54.6 Å². The van der Waals surface area contributed by atoms with E-state index in [9.17, 15) is 4.79 Å². The first-order chi connectivity index (χ1) is 22.4. The van der Waals surface area contributed by atoms with Gasteiger partial charge in [0.25, 0.3) is 0 Å². The Labute approximate surface area is 289 Å². The lowest BCUT2D eigenvalue weighted by Gasteiger charge is -2.08. The fraction of sp³-hybridized carbons (Fsp3) is 0.571. The molecule has 1 aromatic heterocycles. The second kappa shape index (κ2) is 30.2.